The predicted octanol–water partition coefficient (Wildman–Crippen LogP) is 7.36. The lowest BCUT2D eigenvalue weighted by Crippen LogP contribution is -2.62. The third-order valence-corrected chi connectivity index (χ3v) is 17.3. The van der Waals surface area contributed by atoms with E-state index < -0.39 is 71.0 Å². The molecule has 8 rings (SSSR count). The van der Waals surface area contributed by atoms with E-state index in [-0.39, 0.29) is 74.0 Å². The molecule has 16 nitrogen and oxygen atoms in total. The second-order valence-electron chi connectivity index (χ2n) is 25.4. The number of benzene rings is 5. The lowest BCUT2D eigenvalue weighted by Gasteiger charge is -2.44. The van der Waals surface area contributed by atoms with Crippen molar-refractivity contribution in [2.24, 2.45) is 10.8 Å². The van der Waals surface area contributed by atoms with E-state index in [9.17, 15) is 24.0 Å². The highest BCUT2D eigenvalue weighted by molar-refractivity contribution is 5.97. The van der Waals surface area contributed by atoms with Gasteiger partial charge in [-0.25, -0.2) is 0 Å². The minimum Gasteiger partial charge on any atom is -0.347 e. The topological polar surface area (TPSA) is 201 Å². The summed E-state index contributed by atoms with van der Waals surface area (Å²) in [6, 6.07) is 36.9. The van der Waals surface area contributed by atoms with Crippen LogP contribution in [0.5, 0.6) is 0 Å². The standard InChI is InChI=1S/C68H87N9O7/c1-42(69-10)60(78)73-58(67(4,5)6)65(83)76-40-51-29-19-18-28-50(51)37-56(76)64(82)75(44(3)57(47-24-14-12-15-25-47)48-26-16-13-17-27-48)39-45-33-35-49(36-34-45)62(80)71-52-38-55(63(81)72-54-32-22-30-46-23-20-21-31-53(46)54)77(41-52)66(84)59(68(7,8)9)74-61(79)43(2)70-11/h12-21,23-29,31,33-36,42-44,52,54-59,69-70H,22,30,32,37-41H2,1-11H3,(H,71,80)(H,72,81)(H,73,78)(H,74,79)/t42-,43-,44+,52?,54+,55-,56-,58?,59+/m0/s1. The Labute approximate surface area is 496 Å². The molecule has 0 spiro atoms. The van der Waals surface area contributed by atoms with Gasteiger partial charge in [-0.3, -0.25) is 33.6 Å². The van der Waals surface area contributed by atoms with Crippen molar-refractivity contribution in [2.75, 3.05) is 20.6 Å². The summed E-state index contributed by atoms with van der Waals surface area (Å²) in [5.41, 5.74) is 5.76. The summed E-state index contributed by atoms with van der Waals surface area (Å²) in [6.07, 6.45) is 2.96. The number of hydrogen-bond donors (Lipinski definition) is 6. The first-order chi connectivity index (χ1) is 40.0. The SMILES string of the molecule is CN[C@@H](C)C(=O)NC(C(=O)N1Cc2ccccc2C[C@H]1C(=O)N(Cc1ccc(C(=O)NC2C[C@@H](C(=O)N[C@@H]3CCCc4ccccc43)N(C(=O)[C@@H](NC(=O)[C@H](C)NC)C(C)(C)C)C2)cc1)[C@H](C)C(c1ccccc1)c1ccccc1)C(C)(C)C. The highest BCUT2D eigenvalue weighted by atomic mass is 16.2. The van der Waals surface area contributed by atoms with Crippen LogP contribution in [0, 0.1) is 10.8 Å². The smallest absolute Gasteiger partial charge is 0.251 e. The van der Waals surface area contributed by atoms with Crippen molar-refractivity contribution in [1.29, 1.82) is 0 Å². The lowest BCUT2D eigenvalue weighted by molar-refractivity contribution is -0.152. The zero-order chi connectivity index (χ0) is 60.6. The minimum atomic E-state index is -0.976. The fourth-order valence-electron chi connectivity index (χ4n) is 12.1. The monoisotopic (exact) mass is 1140 g/mol. The first-order valence-electron chi connectivity index (χ1n) is 29.8. The van der Waals surface area contributed by atoms with Crippen LogP contribution in [0.15, 0.2) is 133 Å². The minimum absolute atomic E-state index is 0.0358. The molecule has 0 saturated carbocycles. The molecule has 84 heavy (non-hydrogen) atoms. The van der Waals surface area contributed by atoms with Crippen LogP contribution in [0.25, 0.3) is 0 Å². The van der Waals surface area contributed by atoms with Crippen LogP contribution in [-0.4, -0.2) is 125 Å². The number of carbonyl (C=O) groups excluding carboxylic acids is 7. The number of carbonyl (C=O) groups is 7. The second-order valence-corrected chi connectivity index (χ2v) is 25.4. The van der Waals surface area contributed by atoms with E-state index in [2.05, 4.69) is 62.2 Å². The molecule has 1 fully saturated rings. The number of hydrogen-bond acceptors (Lipinski definition) is 9. The van der Waals surface area contributed by atoms with Gasteiger partial charge in [-0.2, -0.15) is 0 Å². The number of nitrogens with one attached hydrogen (secondary N) is 6. The van der Waals surface area contributed by atoms with Crippen LogP contribution < -0.4 is 31.9 Å². The van der Waals surface area contributed by atoms with E-state index in [1.165, 1.54) is 10.5 Å². The van der Waals surface area contributed by atoms with Gasteiger partial charge in [-0.05, 0) is 122 Å². The Bertz CT molecular complexity index is 3100. The molecule has 7 amide bonds. The van der Waals surface area contributed by atoms with Crippen molar-refractivity contribution >= 4 is 41.4 Å². The summed E-state index contributed by atoms with van der Waals surface area (Å²) in [5, 5.41) is 18.3. The third-order valence-electron chi connectivity index (χ3n) is 17.3. The molecular formula is C68H87N9O7. The summed E-state index contributed by atoms with van der Waals surface area (Å²) < 4.78 is 0. The summed E-state index contributed by atoms with van der Waals surface area (Å²) in [7, 11) is 3.36. The summed E-state index contributed by atoms with van der Waals surface area (Å²) >= 11 is 0. The van der Waals surface area contributed by atoms with Gasteiger partial charge in [0.15, 0.2) is 0 Å². The Morgan fingerprint density at radius 1 is 0.595 bits per heavy atom. The fraction of sp³-hybridized carbons (Fsp3) is 0.456. The van der Waals surface area contributed by atoms with Gasteiger partial charge in [0.25, 0.3) is 5.91 Å². The first kappa shape index (κ1) is 62.4. The first-order valence-corrected chi connectivity index (χ1v) is 29.8. The summed E-state index contributed by atoms with van der Waals surface area (Å²) in [5.74, 6) is -2.72. The summed E-state index contributed by atoms with van der Waals surface area (Å²) in [4.78, 5) is 107. The van der Waals surface area contributed by atoms with Crippen molar-refractivity contribution in [3.05, 3.63) is 178 Å². The number of fused-ring (bicyclic) bond motifs is 2. The molecule has 16 heteroatoms. The van der Waals surface area contributed by atoms with E-state index in [0.29, 0.717) is 5.56 Å². The normalized spacial score (nSPS) is 19.6. The third kappa shape index (κ3) is 14.4. The van der Waals surface area contributed by atoms with Crippen molar-refractivity contribution in [3.8, 4) is 0 Å². The van der Waals surface area contributed by atoms with Crippen molar-refractivity contribution < 1.29 is 33.6 Å². The largest absolute Gasteiger partial charge is 0.347 e. The van der Waals surface area contributed by atoms with Crippen molar-refractivity contribution in [2.45, 2.75) is 168 Å². The van der Waals surface area contributed by atoms with Crippen LogP contribution in [-0.2, 0) is 54.7 Å². The Morgan fingerprint density at radius 2 is 1.11 bits per heavy atom. The molecule has 5 aromatic rings. The molecule has 6 N–H and O–H groups in total. The Kier molecular flexibility index (Phi) is 20.0. The molecule has 446 valence electrons. The highest BCUT2D eigenvalue weighted by Crippen LogP contribution is 2.36. The second kappa shape index (κ2) is 26.9. The molecule has 2 aliphatic heterocycles. The van der Waals surface area contributed by atoms with Gasteiger partial charge in [0.05, 0.1) is 18.1 Å². The molecule has 0 radical (unpaired) electrons. The summed E-state index contributed by atoms with van der Waals surface area (Å²) in [6.45, 7) is 17.2. The van der Waals surface area contributed by atoms with Gasteiger partial charge in [0.2, 0.25) is 35.4 Å². The molecule has 9 atom stereocenters. The Balaban J connectivity index is 1.10. The lowest BCUT2D eigenvalue weighted by atomic mass is 9.83. The van der Waals surface area contributed by atoms with Gasteiger partial charge in [0.1, 0.15) is 24.2 Å². The van der Waals surface area contributed by atoms with Crippen LogP contribution in [0.4, 0.5) is 0 Å². The van der Waals surface area contributed by atoms with Gasteiger partial charge < -0.3 is 46.6 Å². The van der Waals surface area contributed by atoms with E-state index in [1.54, 1.807) is 45.0 Å². The average molecular weight is 1140 g/mol. The van der Waals surface area contributed by atoms with E-state index >= 15 is 9.59 Å². The Hall–Kier alpha value is -7.69. The number of aryl methyl sites for hydroxylation is 1. The number of amides is 7. The van der Waals surface area contributed by atoms with Gasteiger partial charge in [0, 0.05) is 49.6 Å². The van der Waals surface area contributed by atoms with Gasteiger partial charge in [-0.1, -0.05) is 163 Å². The molecule has 3 aliphatic rings. The van der Waals surface area contributed by atoms with Crippen LogP contribution in [0.2, 0.25) is 0 Å². The Morgan fingerprint density at radius 3 is 1.65 bits per heavy atom. The molecule has 2 unspecified atom stereocenters. The molecular weight excluding hydrogens is 1050 g/mol. The molecule has 2 heterocycles. The van der Waals surface area contributed by atoms with Crippen LogP contribution >= 0.6 is 0 Å². The molecule has 1 saturated heterocycles. The van der Waals surface area contributed by atoms with E-state index in [4.69, 9.17) is 0 Å². The quantitative estimate of drug-likeness (QED) is 0.0489. The zero-order valence-electron chi connectivity index (χ0n) is 50.8. The maximum atomic E-state index is 16.1. The molecule has 1 aliphatic carbocycles. The molecule has 0 bridgehead atoms. The average Bonchev–Trinajstić information content (AvgIpc) is 2.62. The van der Waals surface area contributed by atoms with Crippen molar-refractivity contribution in [1.82, 2.24) is 46.6 Å². The van der Waals surface area contributed by atoms with E-state index in [1.807, 2.05) is 144 Å². The van der Waals surface area contributed by atoms with Gasteiger partial charge in [-0.15, -0.1) is 0 Å². The van der Waals surface area contributed by atoms with Crippen molar-refractivity contribution in [3.63, 3.8) is 0 Å². The number of rotatable bonds is 19. The van der Waals surface area contributed by atoms with Gasteiger partial charge >= 0.3 is 0 Å². The predicted molar refractivity (Wildman–Crippen MR) is 327 cm³/mol. The maximum absolute atomic E-state index is 16.1. The molecule has 0 aromatic heterocycles. The van der Waals surface area contributed by atoms with E-state index in [0.717, 1.165) is 52.6 Å². The fourth-order valence-corrected chi connectivity index (χ4v) is 12.1. The number of likely N-dealkylation sites (N-methyl/N-ethyl adjacent to an activating group) is 2. The number of nitrogens with zero attached hydrogens (tertiary/aromatic N) is 3. The zero-order valence-corrected chi connectivity index (χ0v) is 50.8. The maximum Gasteiger partial charge on any atom is 0.251 e. The molecule has 5 aromatic carbocycles. The highest BCUT2D eigenvalue weighted by Gasteiger charge is 2.48. The number of likely N-dealkylation sites (tertiary alicyclic amines) is 1. The van der Waals surface area contributed by atoms with Crippen LogP contribution in [0.3, 0.4) is 0 Å². The van der Waals surface area contributed by atoms with Crippen LogP contribution in [0.1, 0.15) is 143 Å².